The third-order valence-electron chi connectivity index (χ3n) is 6.69. The quantitative estimate of drug-likeness (QED) is 0.179. The van der Waals surface area contributed by atoms with Crippen LogP contribution in [-0.2, 0) is 4.79 Å². The first-order valence-electron chi connectivity index (χ1n) is 12.8. The third-order valence-corrected chi connectivity index (χ3v) is 8.02. The number of para-hydroxylation sites is 1. The van der Waals surface area contributed by atoms with E-state index in [1.165, 1.54) is 18.2 Å². The largest absolute Gasteiger partial charge is 0.494 e. The molecule has 0 radical (unpaired) electrons. The number of hydrogen-bond donors (Lipinski definition) is 0. The lowest BCUT2D eigenvalue weighted by molar-refractivity contribution is -0.124. The number of ether oxygens (including phenoxy) is 1. The summed E-state index contributed by atoms with van der Waals surface area (Å²) in [7, 11) is 0. The second kappa shape index (κ2) is 11.4. The van der Waals surface area contributed by atoms with Crippen LogP contribution >= 0.6 is 24.0 Å². The average molecular weight is 518 g/mol. The Morgan fingerprint density at radius 2 is 1.92 bits per heavy atom. The van der Waals surface area contributed by atoms with Gasteiger partial charge in [-0.15, -0.1) is 0 Å². The van der Waals surface area contributed by atoms with Crippen molar-refractivity contribution >= 4 is 40.3 Å². The lowest BCUT2D eigenvalue weighted by Crippen LogP contribution is -2.39. The highest BCUT2D eigenvalue weighted by atomic mass is 32.2. The molecule has 7 heteroatoms. The van der Waals surface area contributed by atoms with E-state index in [1.807, 2.05) is 76.5 Å². The normalized spacial score (nSPS) is 17.8. The molecule has 2 fully saturated rings. The van der Waals surface area contributed by atoms with Crippen LogP contribution in [0, 0.1) is 0 Å². The highest BCUT2D eigenvalue weighted by Crippen LogP contribution is 2.38. The molecular weight excluding hydrogens is 486 g/mol. The molecule has 5 rings (SSSR count). The first kappa shape index (κ1) is 24.8. The van der Waals surface area contributed by atoms with Crippen LogP contribution < -0.4 is 4.74 Å². The maximum atomic E-state index is 13.4. The number of carbonyl (C=O) groups is 1. The van der Waals surface area contributed by atoms with Crippen LogP contribution in [-0.4, -0.2) is 37.6 Å². The number of benzene rings is 2. The summed E-state index contributed by atoms with van der Waals surface area (Å²) in [6, 6.07) is 18.3. The molecule has 2 heterocycles. The van der Waals surface area contributed by atoms with Crippen LogP contribution in [0.5, 0.6) is 5.75 Å². The Bertz CT molecular complexity index is 1260. The van der Waals surface area contributed by atoms with E-state index >= 15 is 0 Å². The fourth-order valence-electron chi connectivity index (χ4n) is 4.77. The van der Waals surface area contributed by atoms with Gasteiger partial charge in [-0.1, -0.05) is 86.9 Å². The molecule has 0 N–H and O–H groups in total. The van der Waals surface area contributed by atoms with Crippen LogP contribution in [0.3, 0.4) is 0 Å². The maximum absolute atomic E-state index is 13.4. The van der Waals surface area contributed by atoms with Crippen LogP contribution in [0.1, 0.15) is 57.4 Å². The fourth-order valence-corrected chi connectivity index (χ4v) is 6.16. The van der Waals surface area contributed by atoms with Gasteiger partial charge in [0.2, 0.25) is 0 Å². The van der Waals surface area contributed by atoms with Crippen LogP contribution in [0.25, 0.3) is 23.0 Å². The molecule has 1 amide bonds. The first-order chi connectivity index (χ1) is 17.6. The zero-order chi connectivity index (χ0) is 24.9. The number of thiocarbonyl (C=S) groups is 1. The Kier molecular flexibility index (Phi) is 7.87. The molecule has 36 heavy (non-hydrogen) atoms. The molecule has 1 saturated heterocycles. The number of rotatable bonds is 8. The van der Waals surface area contributed by atoms with Crippen molar-refractivity contribution in [2.45, 2.75) is 57.9 Å². The molecule has 5 nitrogen and oxygen atoms in total. The van der Waals surface area contributed by atoms with Gasteiger partial charge in [-0.3, -0.25) is 9.69 Å². The number of hydrogen-bond acceptors (Lipinski definition) is 5. The van der Waals surface area contributed by atoms with E-state index in [9.17, 15) is 4.79 Å². The number of unbranched alkanes of at least 4 members (excludes halogenated alkanes) is 1. The van der Waals surface area contributed by atoms with Gasteiger partial charge in [-0.2, -0.15) is 5.10 Å². The summed E-state index contributed by atoms with van der Waals surface area (Å²) in [4.78, 5) is 16.0. The second-order valence-electron chi connectivity index (χ2n) is 9.29. The summed E-state index contributed by atoms with van der Waals surface area (Å²) in [5.74, 6) is 0.844. The Morgan fingerprint density at radius 1 is 1.11 bits per heavy atom. The molecule has 2 aliphatic rings. The van der Waals surface area contributed by atoms with E-state index in [4.69, 9.17) is 22.1 Å². The number of carbonyl (C=O) groups excluding carboxylic acids is 1. The van der Waals surface area contributed by atoms with Gasteiger partial charge in [0.15, 0.2) is 0 Å². The van der Waals surface area contributed by atoms with Crippen molar-refractivity contribution in [2.75, 3.05) is 6.61 Å². The zero-order valence-electron chi connectivity index (χ0n) is 20.6. The van der Waals surface area contributed by atoms with Gasteiger partial charge in [-0.05, 0) is 49.6 Å². The summed E-state index contributed by atoms with van der Waals surface area (Å²) in [6.45, 7) is 2.84. The van der Waals surface area contributed by atoms with Crippen molar-refractivity contribution in [1.82, 2.24) is 14.7 Å². The van der Waals surface area contributed by atoms with E-state index < -0.39 is 0 Å². The van der Waals surface area contributed by atoms with Gasteiger partial charge in [0.25, 0.3) is 5.91 Å². The maximum Gasteiger partial charge on any atom is 0.266 e. The monoisotopic (exact) mass is 517 g/mol. The number of thioether (sulfide) groups is 1. The minimum Gasteiger partial charge on any atom is -0.494 e. The second-order valence-corrected chi connectivity index (χ2v) is 11.0. The summed E-state index contributed by atoms with van der Waals surface area (Å²) in [5.41, 5.74) is 3.60. The molecule has 0 spiro atoms. The molecule has 186 valence electrons. The van der Waals surface area contributed by atoms with Gasteiger partial charge in [0.1, 0.15) is 15.8 Å². The van der Waals surface area contributed by atoms with Crippen LogP contribution in [0.4, 0.5) is 0 Å². The van der Waals surface area contributed by atoms with Crippen molar-refractivity contribution in [1.29, 1.82) is 0 Å². The fraction of sp³-hybridized carbons (Fsp3) is 0.345. The average Bonchev–Trinajstić information content (AvgIpc) is 3.46. The molecule has 2 aromatic carbocycles. The van der Waals surface area contributed by atoms with Crippen molar-refractivity contribution in [2.24, 2.45) is 0 Å². The summed E-state index contributed by atoms with van der Waals surface area (Å²) >= 11 is 7.06. The van der Waals surface area contributed by atoms with Gasteiger partial charge >= 0.3 is 0 Å². The molecule has 0 bridgehead atoms. The van der Waals surface area contributed by atoms with Gasteiger partial charge in [0.05, 0.1) is 17.2 Å². The highest BCUT2D eigenvalue weighted by Gasteiger charge is 2.37. The number of nitrogens with zero attached hydrogens (tertiary/aromatic N) is 3. The summed E-state index contributed by atoms with van der Waals surface area (Å²) in [6.07, 6.45) is 11.7. The van der Waals surface area contributed by atoms with E-state index in [2.05, 4.69) is 6.92 Å². The summed E-state index contributed by atoms with van der Waals surface area (Å²) in [5, 5.41) is 4.93. The van der Waals surface area contributed by atoms with Crippen molar-refractivity contribution in [3.05, 3.63) is 71.3 Å². The molecule has 1 aromatic heterocycles. The standard InChI is InChI=1S/C29H31N3O2S2/c1-2-3-17-34-25-16-10-11-21(18-25)27-22(20-31(30-27)23-12-6-4-7-13-23)19-26-28(33)32(29(35)36-26)24-14-8-5-9-15-24/h4,6-7,10-13,16,18-20,24H,2-3,5,8-9,14-15,17H2,1H3/b26-19-. The first-order valence-corrected chi connectivity index (χ1v) is 14.0. The Hall–Kier alpha value is -2.90. The SMILES string of the molecule is CCCCOc1cccc(-c2nn(-c3ccccc3)cc2/C=C2\SC(=S)N(C3CCCCC3)C2=O)c1. The number of amides is 1. The lowest BCUT2D eigenvalue weighted by Gasteiger charge is -2.29. The topological polar surface area (TPSA) is 47.4 Å². The Labute approximate surface area is 222 Å². The zero-order valence-corrected chi connectivity index (χ0v) is 22.2. The van der Waals surface area contributed by atoms with Crippen molar-refractivity contribution in [3.8, 4) is 22.7 Å². The van der Waals surface area contributed by atoms with Gasteiger partial charge in [-0.25, -0.2) is 4.68 Å². The minimum atomic E-state index is 0.0203. The molecule has 0 atom stereocenters. The van der Waals surface area contributed by atoms with E-state index in [-0.39, 0.29) is 11.9 Å². The third kappa shape index (κ3) is 5.42. The molecule has 1 aliphatic heterocycles. The van der Waals surface area contributed by atoms with Gasteiger partial charge in [0, 0.05) is 23.4 Å². The lowest BCUT2D eigenvalue weighted by atomic mass is 9.94. The predicted molar refractivity (Wildman–Crippen MR) is 151 cm³/mol. The van der Waals surface area contributed by atoms with E-state index in [0.29, 0.717) is 15.8 Å². The predicted octanol–water partition coefficient (Wildman–Crippen LogP) is 7.25. The molecule has 3 aromatic rings. The molecular formula is C29H31N3O2S2. The van der Waals surface area contributed by atoms with E-state index in [1.54, 1.807) is 0 Å². The van der Waals surface area contributed by atoms with Crippen molar-refractivity contribution in [3.63, 3.8) is 0 Å². The van der Waals surface area contributed by atoms with Gasteiger partial charge < -0.3 is 4.74 Å². The van der Waals surface area contributed by atoms with Crippen molar-refractivity contribution < 1.29 is 9.53 Å². The smallest absolute Gasteiger partial charge is 0.266 e. The van der Waals surface area contributed by atoms with Crippen LogP contribution in [0.2, 0.25) is 0 Å². The Balaban J connectivity index is 1.51. The molecule has 1 saturated carbocycles. The highest BCUT2D eigenvalue weighted by molar-refractivity contribution is 8.26. The van der Waals surface area contributed by atoms with E-state index in [0.717, 1.165) is 66.8 Å². The Morgan fingerprint density at radius 3 is 2.69 bits per heavy atom. The molecule has 1 aliphatic carbocycles. The van der Waals surface area contributed by atoms with Crippen LogP contribution in [0.15, 0.2) is 65.7 Å². The number of aromatic nitrogens is 2. The summed E-state index contributed by atoms with van der Waals surface area (Å²) < 4.78 is 8.49. The molecule has 0 unspecified atom stereocenters. The minimum absolute atomic E-state index is 0.0203.